The SMILES string of the molecule is O=C(CCNS(=O)(=O)Cc1ccccc1Cl)Nc1ccc2c(c1)OCO2. The molecule has 1 aliphatic rings. The molecular weight excluding hydrogens is 380 g/mol. The van der Waals surface area contributed by atoms with Crippen molar-refractivity contribution >= 4 is 33.2 Å². The summed E-state index contributed by atoms with van der Waals surface area (Å²) >= 11 is 5.97. The minimum atomic E-state index is -3.58. The number of nitrogens with one attached hydrogen (secondary N) is 2. The molecule has 0 spiro atoms. The number of anilines is 1. The third-order valence-corrected chi connectivity index (χ3v) is 5.34. The van der Waals surface area contributed by atoms with Crippen LogP contribution in [0.1, 0.15) is 12.0 Å². The lowest BCUT2D eigenvalue weighted by atomic mass is 10.2. The lowest BCUT2D eigenvalue weighted by Gasteiger charge is -2.09. The van der Waals surface area contributed by atoms with E-state index in [4.69, 9.17) is 21.1 Å². The van der Waals surface area contributed by atoms with Crippen LogP contribution in [0.25, 0.3) is 0 Å². The molecule has 0 unspecified atom stereocenters. The Morgan fingerprint density at radius 3 is 2.69 bits per heavy atom. The second kappa shape index (κ2) is 7.94. The van der Waals surface area contributed by atoms with Crippen molar-refractivity contribution in [2.24, 2.45) is 0 Å². The Morgan fingerprint density at radius 2 is 1.88 bits per heavy atom. The van der Waals surface area contributed by atoms with Crippen LogP contribution in [0.4, 0.5) is 5.69 Å². The lowest BCUT2D eigenvalue weighted by molar-refractivity contribution is -0.116. The lowest BCUT2D eigenvalue weighted by Crippen LogP contribution is -2.29. The normalized spacial score (nSPS) is 12.8. The number of carbonyl (C=O) groups is 1. The van der Waals surface area contributed by atoms with Crippen molar-refractivity contribution < 1.29 is 22.7 Å². The van der Waals surface area contributed by atoms with Gasteiger partial charge in [-0.15, -0.1) is 0 Å². The number of carbonyl (C=O) groups excluding carboxylic acids is 1. The van der Waals surface area contributed by atoms with Crippen LogP contribution in [0.3, 0.4) is 0 Å². The van der Waals surface area contributed by atoms with Crippen LogP contribution < -0.4 is 19.5 Å². The third kappa shape index (κ3) is 4.87. The molecule has 9 heteroatoms. The zero-order chi connectivity index (χ0) is 18.6. The zero-order valence-electron chi connectivity index (χ0n) is 13.7. The molecule has 7 nitrogen and oxygen atoms in total. The summed E-state index contributed by atoms with van der Waals surface area (Å²) in [6.45, 7) is 0.142. The maximum atomic E-state index is 12.1. The van der Waals surface area contributed by atoms with E-state index in [9.17, 15) is 13.2 Å². The summed E-state index contributed by atoms with van der Waals surface area (Å²) in [5, 5.41) is 3.07. The zero-order valence-corrected chi connectivity index (χ0v) is 15.3. The average molecular weight is 397 g/mol. The van der Waals surface area contributed by atoms with Crippen molar-refractivity contribution in [2.45, 2.75) is 12.2 Å². The molecule has 0 fully saturated rings. The van der Waals surface area contributed by atoms with Crippen molar-refractivity contribution in [2.75, 3.05) is 18.7 Å². The monoisotopic (exact) mass is 396 g/mol. The van der Waals surface area contributed by atoms with Gasteiger partial charge in [-0.05, 0) is 23.8 Å². The number of amides is 1. The quantitative estimate of drug-likeness (QED) is 0.750. The number of ether oxygens (including phenoxy) is 2. The highest BCUT2D eigenvalue weighted by Crippen LogP contribution is 2.34. The van der Waals surface area contributed by atoms with E-state index in [0.29, 0.717) is 27.8 Å². The fraction of sp³-hybridized carbons (Fsp3) is 0.235. The van der Waals surface area contributed by atoms with Crippen LogP contribution >= 0.6 is 11.6 Å². The van der Waals surface area contributed by atoms with Gasteiger partial charge in [-0.3, -0.25) is 4.79 Å². The van der Waals surface area contributed by atoms with Gasteiger partial charge in [-0.25, -0.2) is 13.1 Å². The van der Waals surface area contributed by atoms with E-state index in [-0.39, 0.29) is 31.4 Å². The van der Waals surface area contributed by atoms with E-state index >= 15 is 0 Å². The predicted molar refractivity (Wildman–Crippen MR) is 97.9 cm³/mol. The Hall–Kier alpha value is -2.29. The first-order chi connectivity index (χ1) is 12.4. The Bertz CT molecular complexity index is 917. The molecule has 1 heterocycles. The number of sulfonamides is 1. The van der Waals surface area contributed by atoms with Gasteiger partial charge in [0.25, 0.3) is 0 Å². The second-order valence-corrected chi connectivity index (χ2v) is 7.83. The van der Waals surface area contributed by atoms with Crippen LogP contribution in [0, 0.1) is 0 Å². The van der Waals surface area contributed by atoms with Crippen LogP contribution in [-0.2, 0) is 20.6 Å². The molecule has 0 saturated carbocycles. The number of hydrogen-bond donors (Lipinski definition) is 2. The minimum absolute atomic E-state index is 0.00378. The molecule has 1 aliphatic heterocycles. The van der Waals surface area contributed by atoms with Crippen molar-refractivity contribution in [3.63, 3.8) is 0 Å². The number of fused-ring (bicyclic) bond motifs is 1. The first kappa shape index (κ1) is 18.5. The van der Waals surface area contributed by atoms with Gasteiger partial charge in [0.05, 0.1) is 5.75 Å². The van der Waals surface area contributed by atoms with Crippen molar-refractivity contribution in [1.82, 2.24) is 4.72 Å². The standard InChI is InChI=1S/C17H17ClN2O5S/c18-14-4-2-1-3-12(14)10-26(22,23)19-8-7-17(21)20-13-5-6-15-16(9-13)25-11-24-15/h1-6,9,19H,7-8,10-11H2,(H,20,21). The molecule has 138 valence electrons. The van der Waals surface area contributed by atoms with Gasteiger partial charge in [0.1, 0.15) is 0 Å². The van der Waals surface area contributed by atoms with Crippen molar-refractivity contribution in [3.05, 3.63) is 53.1 Å². The molecule has 0 saturated heterocycles. The smallest absolute Gasteiger partial charge is 0.231 e. The molecule has 2 aromatic carbocycles. The van der Waals surface area contributed by atoms with Gasteiger partial charge in [-0.2, -0.15) is 0 Å². The van der Waals surface area contributed by atoms with Crippen molar-refractivity contribution in [1.29, 1.82) is 0 Å². The fourth-order valence-electron chi connectivity index (χ4n) is 2.39. The molecule has 0 bridgehead atoms. The van der Waals surface area contributed by atoms with Crippen LogP contribution in [0.15, 0.2) is 42.5 Å². The maximum Gasteiger partial charge on any atom is 0.231 e. The molecule has 26 heavy (non-hydrogen) atoms. The summed E-state index contributed by atoms with van der Waals surface area (Å²) in [5.74, 6) is 0.624. The summed E-state index contributed by atoms with van der Waals surface area (Å²) in [4.78, 5) is 12.0. The molecule has 3 rings (SSSR count). The van der Waals surface area contributed by atoms with E-state index in [2.05, 4.69) is 10.0 Å². The first-order valence-electron chi connectivity index (χ1n) is 7.83. The average Bonchev–Trinajstić information content (AvgIpc) is 3.04. The summed E-state index contributed by atoms with van der Waals surface area (Å²) < 4.78 is 37.0. The van der Waals surface area contributed by atoms with Gasteiger partial charge in [-0.1, -0.05) is 29.8 Å². The van der Waals surface area contributed by atoms with Crippen LogP contribution in [0.2, 0.25) is 5.02 Å². The summed E-state index contributed by atoms with van der Waals surface area (Å²) in [6, 6.07) is 11.8. The number of halogens is 1. The van der Waals surface area contributed by atoms with Gasteiger partial charge < -0.3 is 14.8 Å². The van der Waals surface area contributed by atoms with E-state index in [1.54, 1.807) is 42.5 Å². The molecule has 1 amide bonds. The fourth-order valence-corrected chi connectivity index (χ4v) is 3.85. The molecule has 0 atom stereocenters. The molecule has 2 aromatic rings. The topological polar surface area (TPSA) is 93.7 Å². The Labute approximate surface area is 156 Å². The highest BCUT2D eigenvalue weighted by atomic mass is 35.5. The van der Waals surface area contributed by atoms with Gasteiger partial charge >= 0.3 is 0 Å². The molecule has 0 aliphatic carbocycles. The van der Waals surface area contributed by atoms with E-state index in [1.165, 1.54) is 0 Å². The molecule has 0 aromatic heterocycles. The van der Waals surface area contributed by atoms with Gasteiger partial charge in [0.15, 0.2) is 11.5 Å². The Kier molecular flexibility index (Phi) is 5.65. The molecule has 2 N–H and O–H groups in total. The van der Waals surface area contributed by atoms with Gasteiger partial charge in [0.2, 0.25) is 22.7 Å². The van der Waals surface area contributed by atoms with E-state index in [0.717, 1.165) is 0 Å². The molecule has 0 radical (unpaired) electrons. The summed E-state index contributed by atoms with van der Waals surface area (Å²) in [5.41, 5.74) is 1.06. The van der Waals surface area contributed by atoms with Crippen LogP contribution in [0.5, 0.6) is 11.5 Å². The summed E-state index contributed by atoms with van der Waals surface area (Å²) in [6.07, 6.45) is -0.00378. The second-order valence-electron chi connectivity index (χ2n) is 5.61. The molecular formula is C17H17ClN2O5S. The maximum absolute atomic E-state index is 12.1. The number of benzene rings is 2. The van der Waals surface area contributed by atoms with Gasteiger partial charge in [0, 0.05) is 29.7 Å². The minimum Gasteiger partial charge on any atom is -0.454 e. The predicted octanol–water partition coefficient (Wildman–Crippen LogP) is 2.52. The number of hydrogen-bond acceptors (Lipinski definition) is 5. The van der Waals surface area contributed by atoms with Crippen LogP contribution in [-0.4, -0.2) is 27.7 Å². The van der Waals surface area contributed by atoms with Crippen molar-refractivity contribution in [3.8, 4) is 11.5 Å². The Balaban J connectivity index is 1.48. The summed E-state index contributed by atoms with van der Waals surface area (Å²) in [7, 11) is -3.58. The number of rotatable bonds is 7. The van der Waals surface area contributed by atoms with E-state index < -0.39 is 10.0 Å². The van der Waals surface area contributed by atoms with E-state index in [1.807, 2.05) is 0 Å². The first-order valence-corrected chi connectivity index (χ1v) is 9.86. The highest BCUT2D eigenvalue weighted by Gasteiger charge is 2.16. The highest BCUT2D eigenvalue weighted by molar-refractivity contribution is 7.88. The largest absolute Gasteiger partial charge is 0.454 e. The third-order valence-electron chi connectivity index (χ3n) is 3.63. The Morgan fingerprint density at radius 1 is 1.12 bits per heavy atom.